The zero-order valence-electron chi connectivity index (χ0n) is 7.87. The highest BCUT2D eigenvalue weighted by Gasteiger charge is 2.47. The first-order valence-corrected chi connectivity index (χ1v) is 4.91. The molecule has 2 rings (SSSR count). The van der Waals surface area contributed by atoms with Crippen LogP contribution in [0.15, 0.2) is 5.38 Å². The molecule has 16 heavy (non-hydrogen) atoms. The van der Waals surface area contributed by atoms with E-state index in [0.29, 0.717) is 0 Å². The maximum absolute atomic E-state index is 12.8. The van der Waals surface area contributed by atoms with Crippen LogP contribution in [0, 0.1) is 0 Å². The summed E-state index contributed by atoms with van der Waals surface area (Å²) in [5.74, 6) is -2.57. The molecule has 1 aromatic rings. The number of fused-ring (bicyclic) bond motifs is 1. The molecule has 0 saturated heterocycles. The first kappa shape index (κ1) is 10.8. The molecule has 5 nitrogen and oxygen atoms in total. The van der Waals surface area contributed by atoms with E-state index in [4.69, 9.17) is 0 Å². The molecular weight excluding hydrogens is 244 g/mol. The summed E-state index contributed by atoms with van der Waals surface area (Å²) in [5.41, 5.74) is -0.0761. The van der Waals surface area contributed by atoms with Crippen molar-refractivity contribution >= 4 is 28.9 Å². The Morgan fingerprint density at radius 1 is 1.62 bits per heavy atom. The Labute approximate surface area is 92.0 Å². The van der Waals surface area contributed by atoms with E-state index in [-0.39, 0.29) is 16.3 Å². The normalized spacial score (nSPS) is 17.1. The van der Waals surface area contributed by atoms with Gasteiger partial charge in [0.05, 0.1) is 7.11 Å². The van der Waals surface area contributed by atoms with Crippen LogP contribution in [0.3, 0.4) is 0 Å². The summed E-state index contributed by atoms with van der Waals surface area (Å²) in [7, 11) is 1.15. The SMILES string of the molecule is COC(=O)c1scc2c1NC(=O)C(F)(F)O2. The zero-order valence-corrected chi connectivity index (χ0v) is 8.69. The molecule has 0 saturated carbocycles. The molecule has 0 radical (unpaired) electrons. The van der Waals surface area contributed by atoms with Gasteiger partial charge in [-0.05, 0) is 0 Å². The highest BCUT2D eigenvalue weighted by atomic mass is 32.1. The van der Waals surface area contributed by atoms with Crippen molar-refractivity contribution in [3.05, 3.63) is 10.3 Å². The largest absolute Gasteiger partial charge is 0.482 e. The number of ether oxygens (including phenoxy) is 2. The Hall–Kier alpha value is -1.70. The third kappa shape index (κ3) is 1.51. The maximum Gasteiger partial charge on any atom is 0.482 e. The Balaban J connectivity index is 2.43. The first-order chi connectivity index (χ1) is 7.45. The topological polar surface area (TPSA) is 64.6 Å². The molecule has 8 heteroatoms. The minimum absolute atomic E-state index is 0.0151. The number of thiophene rings is 1. The van der Waals surface area contributed by atoms with E-state index in [2.05, 4.69) is 9.47 Å². The van der Waals surface area contributed by atoms with E-state index in [1.165, 1.54) is 5.38 Å². The van der Waals surface area contributed by atoms with Crippen molar-refractivity contribution < 1.29 is 27.8 Å². The molecule has 0 aliphatic carbocycles. The maximum atomic E-state index is 12.8. The highest BCUT2D eigenvalue weighted by molar-refractivity contribution is 7.13. The molecule has 1 aromatic heterocycles. The molecule has 0 fully saturated rings. The van der Waals surface area contributed by atoms with Crippen LogP contribution in [0.5, 0.6) is 5.75 Å². The van der Waals surface area contributed by atoms with Crippen molar-refractivity contribution in [2.75, 3.05) is 12.4 Å². The number of hydrogen-bond acceptors (Lipinski definition) is 5. The van der Waals surface area contributed by atoms with Gasteiger partial charge >= 0.3 is 18.0 Å². The van der Waals surface area contributed by atoms with Crippen LogP contribution in [-0.2, 0) is 9.53 Å². The quantitative estimate of drug-likeness (QED) is 0.765. The van der Waals surface area contributed by atoms with Crippen molar-refractivity contribution in [3.63, 3.8) is 0 Å². The molecular formula is C8H5F2NO4S. The molecule has 0 aromatic carbocycles. The van der Waals surface area contributed by atoms with Gasteiger partial charge < -0.3 is 14.8 Å². The lowest BCUT2D eigenvalue weighted by molar-refractivity contribution is -0.189. The summed E-state index contributed by atoms with van der Waals surface area (Å²) < 4.78 is 34.2. The molecule has 0 bridgehead atoms. The number of carbonyl (C=O) groups excluding carboxylic acids is 2. The van der Waals surface area contributed by atoms with Gasteiger partial charge in [-0.3, -0.25) is 4.79 Å². The molecule has 2 heterocycles. The Bertz CT molecular complexity index is 471. The molecule has 0 spiro atoms. The minimum atomic E-state index is -3.92. The van der Waals surface area contributed by atoms with Gasteiger partial charge in [-0.15, -0.1) is 11.3 Å². The molecule has 0 unspecified atom stereocenters. The number of esters is 1. The van der Waals surface area contributed by atoms with Crippen LogP contribution in [0.1, 0.15) is 9.67 Å². The standard InChI is InChI=1S/C8H5F2NO4S/c1-14-6(12)5-4-3(2-16-5)15-8(9,10)7(13)11-4/h2H,1H3,(H,11,13). The summed E-state index contributed by atoms with van der Waals surface area (Å²) in [6.45, 7) is 0. The first-order valence-electron chi connectivity index (χ1n) is 4.04. The second-order valence-electron chi connectivity index (χ2n) is 2.87. The monoisotopic (exact) mass is 249 g/mol. The average molecular weight is 249 g/mol. The summed E-state index contributed by atoms with van der Waals surface area (Å²) in [5, 5.41) is 3.11. The van der Waals surface area contributed by atoms with Crippen molar-refractivity contribution in [1.82, 2.24) is 0 Å². The van der Waals surface area contributed by atoms with Crippen LogP contribution in [0.25, 0.3) is 0 Å². The van der Waals surface area contributed by atoms with Crippen molar-refractivity contribution in [2.45, 2.75) is 6.11 Å². The molecule has 1 aliphatic rings. The number of alkyl halides is 2. The van der Waals surface area contributed by atoms with Crippen LogP contribution in [-0.4, -0.2) is 25.1 Å². The predicted octanol–water partition coefficient (Wildman–Crippen LogP) is 1.46. The van der Waals surface area contributed by atoms with E-state index in [0.717, 1.165) is 18.4 Å². The fraction of sp³-hybridized carbons (Fsp3) is 0.250. The zero-order chi connectivity index (χ0) is 11.9. The number of amides is 1. The molecule has 0 atom stereocenters. The summed E-state index contributed by atoms with van der Waals surface area (Å²) in [6.07, 6.45) is -3.92. The molecule has 86 valence electrons. The van der Waals surface area contributed by atoms with Gasteiger partial charge in [0.2, 0.25) is 0 Å². The Morgan fingerprint density at radius 3 is 2.94 bits per heavy atom. The smallest absolute Gasteiger partial charge is 0.465 e. The highest BCUT2D eigenvalue weighted by Crippen LogP contribution is 2.41. The van der Waals surface area contributed by atoms with E-state index in [9.17, 15) is 18.4 Å². The van der Waals surface area contributed by atoms with Gasteiger partial charge in [0.15, 0.2) is 5.75 Å². The van der Waals surface area contributed by atoms with Crippen LogP contribution in [0.2, 0.25) is 0 Å². The van der Waals surface area contributed by atoms with Gasteiger partial charge in [0.25, 0.3) is 0 Å². The number of nitrogens with one attached hydrogen (secondary N) is 1. The summed E-state index contributed by atoms with van der Waals surface area (Å²) in [4.78, 5) is 22.1. The lowest BCUT2D eigenvalue weighted by Crippen LogP contribution is -2.43. The Kier molecular flexibility index (Phi) is 2.30. The minimum Gasteiger partial charge on any atom is -0.465 e. The fourth-order valence-corrected chi connectivity index (χ4v) is 1.99. The number of rotatable bonds is 1. The number of anilines is 1. The third-order valence-electron chi connectivity index (χ3n) is 1.87. The number of halogens is 2. The number of hydrogen-bond donors (Lipinski definition) is 1. The van der Waals surface area contributed by atoms with Crippen molar-refractivity contribution in [1.29, 1.82) is 0 Å². The lowest BCUT2D eigenvalue weighted by atomic mass is 10.3. The molecule has 1 N–H and O–H groups in total. The van der Waals surface area contributed by atoms with Gasteiger partial charge in [-0.25, -0.2) is 4.79 Å². The van der Waals surface area contributed by atoms with E-state index in [1.807, 2.05) is 5.32 Å². The van der Waals surface area contributed by atoms with Crippen molar-refractivity contribution in [2.24, 2.45) is 0 Å². The summed E-state index contributed by atoms with van der Waals surface area (Å²) in [6, 6.07) is 0. The predicted molar refractivity (Wildman–Crippen MR) is 49.9 cm³/mol. The fourth-order valence-electron chi connectivity index (χ4n) is 1.15. The van der Waals surface area contributed by atoms with Gasteiger partial charge in [0.1, 0.15) is 10.6 Å². The van der Waals surface area contributed by atoms with Gasteiger partial charge in [-0.2, -0.15) is 8.78 Å². The van der Waals surface area contributed by atoms with Crippen LogP contribution < -0.4 is 10.1 Å². The van der Waals surface area contributed by atoms with Crippen molar-refractivity contribution in [3.8, 4) is 5.75 Å². The molecule has 1 amide bonds. The second kappa shape index (κ2) is 3.41. The van der Waals surface area contributed by atoms with Gasteiger partial charge in [0, 0.05) is 5.38 Å². The molecule has 1 aliphatic heterocycles. The van der Waals surface area contributed by atoms with Crippen LogP contribution >= 0.6 is 11.3 Å². The lowest BCUT2D eigenvalue weighted by Gasteiger charge is -2.22. The number of methoxy groups -OCH3 is 1. The van der Waals surface area contributed by atoms with E-state index < -0.39 is 18.0 Å². The van der Waals surface area contributed by atoms with Crippen LogP contribution in [0.4, 0.5) is 14.5 Å². The van der Waals surface area contributed by atoms with E-state index in [1.54, 1.807) is 0 Å². The van der Waals surface area contributed by atoms with Gasteiger partial charge in [-0.1, -0.05) is 0 Å². The number of carbonyl (C=O) groups is 2. The Morgan fingerprint density at radius 2 is 2.31 bits per heavy atom. The second-order valence-corrected chi connectivity index (χ2v) is 3.75. The third-order valence-corrected chi connectivity index (χ3v) is 2.81. The van der Waals surface area contributed by atoms with E-state index >= 15 is 0 Å². The summed E-state index contributed by atoms with van der Waals surface area (Å²) >= 11 is 0.853. The average Bonchev–Trinajstić information content (AvgIpc) is 2.60.